The number of nitrogens with one attached hydrogen (secondary N) is 1. The Bertz CT molecular complexity index is 752. The summed E-state index contributed by atoms with van der Waals surface area (Å²) in [5, 5.41) is 3.23. The van der Waals surface area contributed by atoms with Gasteiger partial charge in [0.15, 0.2) is 5.13 Å². The average Bonchev–Trinajstić information content (AvgIpc) is 3.07. The monoisotopic (exact) mass is 303 g/mol. The molecule has 7 heteroatoms. The molecule has 1 aromatic carbocycles. The summed E-state index contributed by atoms with van der Waals surface area (Å²) in [4.78, 5) is 16.1. The van der Waals surface area contributed by atoms with Crippen molar-refractivity contribution >= 4 is 38.3 Å². The van der Waals surface area contributed by atoms with Gasteiger partial charge in [0, 0.05) is 5.69 Å². The van der Waals surface area contributed by atoms with Crippen molar-refractivity contribution in [3.63, 3.8) is 0 Å². The maximum Gasteiger partial charge on any atom is 0.252 e. The number of thiazole rings is 1. The van der Waals surface area contributed by atoms with Gasteiger partial charge < -0.3 is 14.9 Å². The van der Waals surface area contributed by atoms with E-state index in [1.165, 1.54) is 11.3 Å². The van der Waals surface area contributed by atoms with Crippen molar-refractivity contribution in [2.24, 2.45) is 0 Å². The molecule has 0 aliphatic carbocycles. The Balaban J connectivity index is 1.55. The molecular weight excluding hydrogens is 290 g/mol. The SMILES string of the molecule is Nc1ccc2nc(NC(=O)COCc3ccco3)sc2c1. The van der Waals surface area contributed by atoms with Crippen LogP contribution in [-0.4, -0.2) is 17.5 Å². The largest absolute Gasteiger partial charge is 0.467 e. The Hall–Kier alpha value is -2.38. The highest BCUT2D eigenvalue weighted by Gasteiger charge is 2.08. The van der Waals surface area contributed by atoms with Gasteiger partial charge in [-0.3, -0.25) is 10.1 Å². The molecule has 0 fully saturated rings. The van der Waals surface area contributed by atoms with E-state index in [1.54, 1.807) is 24.5 Å². The number of carbonyl (C=O) groups is 1. The normalized spacial score (nSPS) is 10.9. The topological polar surface area (TPSA) is 90.4 Å². The number of anilines is 2. The number of carbonyl (C=O) groups excluding carboxylic acids is 1. The molecular formula is C14H13N3O3S. The molecule has 3 aromatic rings. The first-order chi connectivity index (χ1) is 10.2. The lowest BCUT2D eigenvalue weighted by atomic mass is 10.3. The minimum absolute atomic E-state index is 0.0568. The van der Waals surface area contributed by atoms with Crippen LogP contribution in [0.2, 0.25) is 0 Å². The molecule has 0 bridgehead atoms. The number of ether oxygens (including phenoxy) is 1. The number of aromatic nitrogens is 1. The number of hydrogen-bond donors (Lipinski definition) is 2. The summed E-state index contributed by atoms with van der Waals surface area (Å²) in [5.41, 5.74) is 7.19. The Morgan fingerprint density at radius 2 is 2.33 bits per heavy atom. The highest BCUT2D eigenvalue weighted by atomic mass is 32.1. The zero-order valence-corrected chi connectivity index (χ0v) is 11.9. The lowest BCUT2D eigenvalue weighted by Crippen LogP contribution is -2.17. The molecule has 21 heavy (non-hydrogen) atoms. The zero-order valence-electron chi connectivity index (χ0n) is 11.0. The molecule has 6 nitrogen and oxygen atoms in total. The average molecular weight is 303 g/mol. The quantitative estimate of drug-likeness (QED) is 0.707. The molecule has 3 rings (SSSR count). The first-order valence-electron chi connectivity index (χ1n) is 6.27. The van der Waals surface area contributed by atoms with Crippen LogP contribution in [0.3, 0.4) is 0 Å². The van der Waals surface area contributed by atoms with Gasteiger partial charge in [0.1, 0.15) is 19.0 Å². The number of benzene rings is 1. The van der Waals surface area contributed by atoms with Gasteiger partial charge in [0.25, 0.3) is 5.91 Å². The van der Waals surface area contributed by atoms with Crippen molar-refractivity contribution in [1.82, 2.24) is 4.98 Å². The number of nitrogens with zero attached hydrogens (tertiary/aromatic N) is 1. The van der Waals surface area contributed by atoms with Crippen LogP contribution >= 0.6 is 11.3 Å². The number of nitrogen functional groups attached to an aromatic ring is 1. The van der Waals surface area contributed by atoms with Crippen LogP contribution in [0.25, 0.3) is 10.2 Å². The van der Waals surface area contributed by atoms with Crippen LogP contribution < -0.4 is 11.1 Å². The third-order valence-electron chi connectivity index (χ3n) is 2.72. The number of hydrogen-bond acceptors (Lipinski definition) is 6. The summed E-state index contributed by atoms with van der Waals surface area (Å²) in [5.74, 6) is 0.423. The smallest absolute Gasteiger partial charge is 0.252 e. The van der Waals surface area contributed by atoms with Crippen molar-refractivity contribution in [2.45, 2.75) is 6.61 Å². The van der Waals surface area contributed by atoms with Gasteiger partial charge >= 0.3 is 0 Å². The Morgan fingerprint density at radius 1 is 1.43 bits per heavy atom. The van der Waals surface area contributed by atoms with E-state index in [0.29, 0.717) is 16.6 Å². The van der Waals surface area contributed by atoms with Crippen LogP contribution in [0.1, 0.15) is 5.76 Å². The van der Waals surface area contributed by atoms with Gasteiger partial charge in [-0.1, -0.05) is 11.3 Å². The van der Waals surface area contributed by atoms with E-state index in [4.69, 9.17) is 14.9 Å². The molecule has 2 heterocycles. The summed E-state index contributed by atoms with van der Waals surface area (Å²) in [6.07, 6.45) is 1.56. The van der Waals surface area contributed by atoms with Gasteiger partial charge in [-0.2, -0.15) is 0 Å². The van der Waals surface area contributed by atoms with E-state index >= 15 is 0 Å². The Morgan fingerprint density at radius 3 is 3.14 bits per heavy atom. The van der Waals surface area contributed by atoms with E-state index in [1.807, 2.05) is 12.1 Å². The number of fused-ring (bicyclic) bond motifs is 1. The minimum Gasteiger partial charge on any atom is -0.467 e. The van der Waals surface area contributed by atoms with Gasteiger partial charge in [0.2, 0.25) is 0 Å². The summed E-state index contributed by atoms with van der Waals surface area (Å²) in [6, 6.07) is 8.99. The molecule has 0 spiro atoms. The molecule has 0 unspecified atom stereocenters. The lowest BCUT2D eigenvalue weighted by Gasteiger charge is -2.02. The van der Waals surface area contributed by atoms with Crippen molar-refractivity contribution in [2.75, 3.05) is 17.7 Å². The summed E-state index contributed by atoms with van der Waals surface area (Å²) in [7, 11) is 0. The fraction of sp³-hybridized carbons (Fsp3) is 0.143. The molecule has 0 atom stereocenters. The predicted molar refractivity (Wildman–Crippen MR) is 81.0 cm³/mol. The predicted octanol–water partition coefficient (Wildman–Crippen LogP) is 2.63. The molecule has 0 radical (unpaired) electrons. The van der Waals surface area contributed by atoms with Crippen molar-refractivity contribution in [3.8, 4) is 0 Å². The van der Waals surface area contributed by atoms with Crippen LogP contribution in [0.4, 0.5) is 10.8 Å². The second-order valence-corrected chi connectivity index (χ2v) is 5.40. The zero-order chi connectivity index (χ0) is 14.7. The van der Waals surface area contributed by atoms with Crippen molar-refractivity contribution < 1.29 is 13.9 Å². The molecule has 2 aromatic heterocycles. The molecule has 1 amide bonds. The van der Waals surface area contributed by atoms with Crippen LogP contribution in [0.5, 0.6) is 0 Å². The first kappa shape index (κ1) is 13.6. The van der Waals surface area contributed by atoms with Crippen LogP contribution in [-0.2, 0) is 16.1 Å². The van der Waals surface area contributed by atoms with Gasteiger partial charge in [-0.25, -0.2) is 4.98 Å². The number of rotatable bonds is 5. The molecule has 0 aliphatic heterocycles. The number of nitrogens with two attached hydrogens (primary N) is 1. The standard InChI is InChI=1S/C14H13N3O3S/c15-9-3-4-11-12(6-9)21-14(16-11)17-13(18)8-19-7-10-2-1-5-20-10/h1-6H,7-8,15H2,(H,16,17,18). The van der Waals surface area contributed by atoms with E-state index in [-0.39, 0.29) is 19.1 Å². The minimum atomic E-state index is -0.256. The number of furan rings is 1. The van der Waals surface area contributed by atoms with Crippen molar-refractivity contribution in [3.05, 3.63) is 42.4 Å². The van der Waals surface area contributed by atoms with E-state index in [0.717, 1.165) is 10.2 Å². The fourth-order valence-electron chi connectivity index (χ4n) is 1.79. The second-order valence-electron chi connectivity index (χ2n) is 4.37. The highest BCUT2D eigenvalue weighted by Crippen LogP contribution is 2.27. The first-order valence-corrected chi connectivity index (χ1v) is 7.08. The second kappa shape index (κ2) is 5.94. The lowest BCUT2D eigenvalue weighted by molar-refractivity contribution is -0.121. The Labute approximate surface area is 124 Å². The van der Waals surface area contributed by atoms with E-state index in [9.17, 15) is 4.79 Å². The molecule has 0 saturated carbocycles. The molecule has 108 valence electrons. The summed E-state index contributed by atoms with van der Waals surface area (Å²) < 4.78 is 11.3. The van der Waals surface area contributed by atoms with Gasteiger partial charge in [-0.15, -0.1) is 0 Å². The van der Waals surface area contributed by atoms with Crippen LogP contribution in [0, 0.1) is 0 Å². The molecule has 3 N–H and O–H groups in total. The number of amides is 1. The van der Waals surface area contributed by atoms with Gasteiger partial charge in [0.05, 0.1) is 16.5 Å². The molecule has 0 aliphatic rings. The fourth-order valence-corrected chi connectivity index (χ4v) is 2.72. The summed E-state index contributed by atoms with van der Waals surface area (Å²) >= 11 is 1.37. The summed E-state index contributed by atoms with van der Waals surface area (Å²) in [6.45, 7) is 0.204. The maximum atomic E-state index is 11.8. The van der Waals surface area contributed by atoms with E-state index < -0.39 is 0 Å². The van der Waals surface area contributed by atoms with Gasteiger partial charge in [-0.05, 0) is 30.3 Å². The maximum absolute atomic E-state index is 11.8. The molecule has 0 saturated heterocycles. The van der Waals surface area contributed by atoms with Crippen molar-refractivity contribution in [1.29, 1.82) is 0 Å². The third-order valence-corrected chi connectivity index (χ3v) is 3.65. The van der Waals surface area contributed by atoms with Crippen LogP contribution in [0.15, 0.2) is 41.0 Å². The third kappa shape index (κ3) is 3.39. The van der Waals surface area contributed by atoms with E-state index in [2.05, 4.69) is 10.3 Å². The highest BCUT2D eigenvalue weighted by molar-refractivity contribution is 7.22. The Kier molecular flexibility index (Phi) is 3.85.